The molecule has 1 aliphatic carbocycles. The molecule has 0 aliphatic heterocycles. The van der Waals surface area contributed by atoms with Crippen LogP contribution in [0.15, 0.2) is 4.52 Å². The van der Waals surface area contributed by atoms with Gasteiger partial charge in [0.25, 0.3) is 5.91 Å². The topological polar surface area (TPSA) is 99.2 Å². The second-order valence-electron chi connectivity index (χ2n) is 7.57. The van der Waals surface area contributed by atoms with Gasteiger partial charge in [0.15, 0.2) is 5.69 Å². The highest BCUT2D eigenvalue weighted by Crippen LogP contribution is 2.39. The molecule has 0 fully saturated rings. The molecule has 1 N–H and O–H groups in total. The molecule has 1 amide bonds. The smallest absolute Gasteiger partial charge is 0.341 e. The Kier molecular flexibility index (Phi) is 5.90. The predicted octanol–water partition coefficient (Wildman–Crippen LogP) is 4.48. The van der Waals surface area contributed by atoms with Crippen LogP contribution >= 0.6 is 22.9 Å². The monoisotopic (exact) mass is 462 g/mol. The van der Waals surface area contributed by atoms with Crippen molar-refractivity contribution in [2.24, 2.45) is 0 Å². The Morgan fingerprint density at radius 3 is 2.68 bits per heavy atom. The van der Waals surface area contributed by atoms with Gasteiger partial charge in [-0.05, 0) is 52.0 Å². The van der Waals surface area contributed by atoms with Gasteiger partial charge >= 0.3 is 5.97 Å². The summed E-state index contributed by atoms with van der Waals surface area (Å²) in [5.41, 5.74) is 3.70. The molecule has 164 valence electrons. The summed E-state index contributed by atoms with van der Waals surface area (Å²) in [6.07, 6.45) is 3.78. The molecule has 0 spiro atoms. The summed E-state index contributed by atoms with van der Waals surface area (Å²) in [5, 5.41) is 12.3. The highest BCUT2D eigenvalue weighted by Gasteiger charge is 2.29. The SMILES string of the molecule is COC(=O)c1c(NC(=O)c2noc(C)c2Cn2nc(C)c(Cl)c2C)sc2c1CCCC2. The summed E-state index contributed by atoms with van der Waals surface area (Å²) in [6, 6.07) is 0. The Hall–Kier alpha value is -2.65. The van der Waals surface area contributed by atoms with E-state index < -0.39 is 11.9 Å². The Labute approximate surface area is 188 Å². The van der Waals surface area contributed by atoms with Gasteiger partial charge in [-0.3, -0.25) is 9.48 Å². The third-order valence-electron chi connectivity index (χ3n) is 5.59. The maximum Gasteiger partial charge on any atom is 0.341 e. The molecule has 0 saturated carbocycles. The molecule has 10 heteroatoms. The molecule has 0 aromatic carbocycles. The molecule has 31 heavy (non-hydrogen) atoms. The van der Waals surface area contributed by atoms with Crippen LogP contribution in [-0.4, -0.2) is 33.9 Å². The Morgan fingerprint density at radius 2 is 2.00 bits per heavy atom. The van der Waals surface area contributed by atoms with Gasteiger partial charge < -0.3 is 14.6 Å². The number of ether oxygens (including phenoxy) is 1. The number of hydrogen-bond donors (Lipinski definition) is 1. The molecule has 4 rings (SSSR count). The largest absolute Gasteiger partial charge is 0.465 e. The number of methoxy groups -OCH3 is 1. The van der Waals surface area contributed by atoms with Crippen LogP contribution in [0.25, 0.3) is 0 Å². The lowest BCUT2D eigenvalue weighted by Crippen LogP contribution is -2.18. The first kappa shape index (κ1) is 21.6. The number of anilines is 1. The number of esters is 1. The van der Waals surface area contributed by atoms with E-state index in [-0.39, 0.29) is 5.69 Å². The second kappa shape index (κ2) is 8.47. The van der Waals surface area contributed by atoms with Gasteiger partial charge in [0.1, 0.15) is 10.8 Å². The van der Waals surface area contributed by atoms with E-state index in [2.05, 4.69) is 15.6 Å². The molecular weight excluding hydrogens is 440 g/mol. The van der Waals surface area contributed by atoms with Crippen LogP contribution in [0, 0.1) is 20.8 Å². The third kappa shape index (κ3) is 3.87. The van der Waals surface area contributed by atoms with E-state index in [9.17, 15) is 9.59 Å². The van der Waals surface area contributed by atoms with Crippen LogP contribution in [0.4, 0.5) is 5.00 Å². The summed E-state index contributed by atoms with van der Waals surface area (Å²) in [4.78, 5) is 26.7. The zero-order valence-corrected chi connectivity index (χ0v) is 19.4. The first-order chi connectivity index (χ1) is 14.8. The lowest BCUT2D eigenvalue weighted by atomic mass is 9.95. The first-order valence-corrected chi connectivity index (χ1v) is 11.2. The fourth-order valence-electron chi connectivity index (χ4n) is 3.87. The van der Waals surface area contributed by atoms with Crippen molar-refractivity contribution in [2.75, 3.05) is 12.4 Å². The van der Waals surface area contributed by atoms with Crippen LogP contribution in [0.2, 0.25) is 5.02 Å². The van der Waals surface area contributed by atoms with Crippen molar-refractivity contribution in [1.82, 2.24) is 14.9 Å². The molecular formula is C21H23ClN4O4S. The van der Waals surface area contributed by atoms with Crippen molar-refractivity contribution >= 4 is 39.8 Å². The quantitative estimate of drug-likeness (QED) is 0.561. The van der Waals surface area contributed by atoms with Crippen LogP contribution in [0.3, 0.4) is 0 Å². The van der Waals surface area contributed by atoms with E-state index in [1.54, 1.807) is 11.6 Å². The van der Waals surface area contributed by atoms with Gasteiger partial charge in [-0.15, -0.1) is 11.3 Å². The lowest BCUT2D eigenvalue weighted by Gasteiger charge is -2.11. The number of fused-ring (bicyclic) bond motifs is 1. The predicted molar refractivity (Wildman–Crippen MR) is 117 cm³/mol. The minimum atomic E-state index is -0.441. The molecule has 0 atom stereocenters. The maximum absolute atomic E-state index is 13.1. The number of nitrogens with one attached hydrogen (secondary N) is 1. The molecule has 3 aromatic heterocycles. The van der Waals surface area contributed by atoms with E-state index in [1.807, 2.05) is 13.8 Å². The molecule has 0 unspecified atom stereocenters. The standard InChI is InChI=1S/C21H23ClN4O4S/c1-10-17(22)11(2)26(24-10)9-14-12(3)30-25-18(14)19(27)23-20-16(21(28)29-4)13-7-5-6-8-15(13)31-20/h5-9H2,1-4H3,(H,23,27). The third-order valence-corrected chi connectivity index (χ3v) is 7.34. The van der Waals surface area contributed by atoms with E-state index >= 15 is 0 Å². The van der Waals surface area contributed by atoms with Crippen LogP contribution in [-0.2, 0) is 24.1 Å². The Morgan fingerprint density at radius 1 is 1.26 bits per heavy atom. The number of halogens is 1. The number of thiophene rings is 1. The minimum Gasteiger partial charge on any atom is -0.465 e. The average Bonchev–Trinajstić information content (AvgIpc) is 3.38. The Balaban J connectivity index is 1.66. The maximum atomic E-state index is 13.1. The van der Waals surface area contributed by atoms with Crippen molar-refractivity contribution in [1.29, 1.82) is 0 Å². The molecule has 3 aromatic rings. The molecule has 8 nitrogen and oxygen atoms in total. The van der Waals surface area contributed by atoms with Gasteiger partial charge in [-0.25, -0.2) is 4.79 Å². The summed E-state index contributed by atoms with van der Waals surface area (Å²) in [6.45, 7) is 5.73. The summed E-state index contributed by atoms with van der Waals surface area (Å²) < 4.78 is 12.0. The summed E-state index contributed by atoms with van der Waals surface area (Å²) in [5.74, 6) is -0.362. The van der Waals surface area contributed by atoms with Gasteiger partial charge in [0, 0.05) is 10.4 Å². The number of carbonyl (C=O) groups is 2. The fraction of sp³-hybridized carbons (Fsp3) is 0.429. The van der Waals surface area contributed by atoms with E-state index in [0.717, 1.165) is 41.8 Å². The number of carbonyl (C=O) groups excluding carboxylic acids is 2. The summed E-state index contributed by atoms with van der Waals surface area (Å²) >= 11 is 7.68. The zero-order chi connectivity index (χ0) is 22.3. The van der Waals surface area contributed by atoms with Crippen molar-refractivity contribution < 1.29 is 18.8 Å². The van der Waals surface area contributed by atoms with Gasteiger partial charge in [0.2, 0.25) is 0 Å². The molecule has 0 radical (unpaired) electrons. The number of aromatic nitrogens is 3. The van der Waals surface area contributed by atoms with Crippen LogP contribution in [0.5, 0.6) is 0 Å². The number of aryl methyl sites for hydroxylation is 3. The van der Waals surface area contributed by atoms with Gasteiger partial charge in [0.05, 0.1) is 35.6 Å². The highest BCUT2D eigenvalue weighted by molar-refractivity contribution is 7.17. The van der Waals surface area contributed by atoms with Crippen LogP contribution < -0.4 is 5.32 Å². The van der Waals surface area contributed by atoms with Crippen molar-refractivity contribution in [2.45, 2.75) is 53.0 Å². The van der Waals surface area contributed by atoms with Gasteiger partial charge in [-0.1, -0.05) is 16.8 Å². The molecule has 3 heterocycles. The minimum absolute atomic E-state index is 0.156. The normalized spacial score (nSPS) is 13.2. The van der Waals surface area contributed by atoms with Gasteiger partial charge in [-0.2, -0.15) is 5.10 Å². The highest BCUT2D eigenvalue weighted by atomic mass is 35.5. The molecule has 1 aliphatic rings. The second-order valence-corrected chi connectivity index (χ2v) is 9.05. The zero-order valence-electron chi connectivity index (χ0n) is 17.8. The summed E-state index contributed by atoms with van der Waals surface area (Å²) in [7, 11) is 1.35. The van der Waals surface area contributed by atoms with E-state index in [4.69, 9.17) is 20.9 Å². The fourth-order valence-corrected chi connectivity index (χ4v) is 5.28. The van der Waals surface area contributed by atoms with E-state index in [1.165, 1.54) is 18.4 Å². The van der Waals surface area contributed by atoms with Crippen molar-refractivity contribution in [3.05, 3.63) is 49.4 Å². The van der Waals surface area contributed by atoms with Crippen LogP contribution in [0.1, 0.15) is 66.8 Å². The number of nitrogens with zero attached hydrogens (tertiary/aromatic N) is 3. The molecule has 0 saturated heterocycles. The van der Waals surface area contributed by atoms with Crippen molar-refractivity contribution in [3.63, 3.8) is 0 Å². The van der Waals surface area contributed by atoms with E-state index in [0.29, 0.717) is 39.1 Å². The lowest BCUT2D eigenvalue weighted by molar-refractivity contribution is 0.0601. The molecule has 0 bridgehead atoms. The van der Waals surface area contributed by atoms with Crippen molar-refractivity contribution in [3.8, 4) is 0 Å². The average molecular weight is 463 g/mol. The Bertz CT molecular complexity index is 1180. The first-order valence-electron chi connectivity index (χ1n) is 10.0. The number of hydrogen-bond acceptors (Lipinski definition) is 7. The number of amides is 1. The number of rotatable bonds is 5.